The van der Waals surface area contributed by atoms with Gasteiger partial charge in [-0.2, -0.15) is 0 Å². The number of carbonyl (C=O) groups excluding carboxylic acids is 2. The van der Waals surface area contributed by atoms with Gasteiger partial charge in [0.1, 0.15) is 0 Å². The van der Waals surface area contributed by atoms with Gasteiger partial charge in [-0.25, -0.2) is 0 Å². The molecule has 9 heteroatoms. The first kappa shape index (κ1) is 29.9. The zero-order chi connectivity index (χ0) is 22.6. The smallest absolute Gasteiger partial charge is 0.222 e. The molecule has 0 aromatic heterocycles. The third-order valence-electron chi connectivity index (χ3n) is 5.39. The second-order valence-corrected chi connectivity index (χ2v) is 8.99. The molecule has 0 radical (unpaired) electrons. The van der Waals surface area contributed by atoms with Crippen LogP contribution < -0.4 is 10.6 Å². The predicted octanol–water partition coefficient (Wildman–Crippen LogP) is 2.47. The molecule has 0 atom stereocenters. The van der Waals surface area contributed by atoms with Crippen LogP contribution in [-0.4, -0.2) is 86.6 Å². The Hall–Kier alpha value is -1.10. The number of nitrogens with one attached hydrogen (secondary N) is 2. The fourth-order valence-electron chi connectivity index (χ4n) is 3.22. The van der Waals surface area contributed by atoms with Crippen molar-refractivity contribution in [1.82, 2.24) is 20.4 Å². The molecule has 1 heterocycles. The third kappa shape index (κ3) is 12.5. The van der Waals surface area contributed by atoms with Crippen LogP contribution in [0, 0.1) is 5.92 Å². The van der Waals surface area contributed by atoms with E-state index < -0.39 is 0 Å². The minimum Gasteiger partial charge on any atom is -0.377 e. The SMILES string of the molecule is CN=C(NCCCCCC(=O)N1CCN(C(=O)CC(C)C)CC1)NCC(C)(C)OC.I. The van der Waals surface area contributed by atoms with Gasteiger partial charge in [0, 0.05) is 66.3 Å². The second kappa shape index (κ2) is 15.7. The predicted molar refractivity (Wildman–Crippen MR) is 137 cm³/mol. The molecule has 1 aliphatic heterocycles. The summed E-state index contributed by atoms with van der Waals surface area (Å²) in [4.78, 5) is 32.6. The number of hydrogen-bond donors (Lipinski definition) is 2. The summed E-state index contributed by atoms with van der Waals surface area (Å²) in [6.45, 7) is 12.3. The average molecular weight is 554 g/mol. The van der Waals surface area contributed by atoms with Crippen molar-refractivity contribution in [2.45, 2.75) is 65.4 Å². The highest BCUT2D eigenvalue weighted by Gasteiger charge is 2.24. The van der Waals surface area contributed by atoms with Gasteiger partial charge >= 0.3 is 0 Å². The summed E-state index contributed by atoms with van der Waals surface area (Å²) < 4.78 is 5.39. The van der Waals surface area contributed by atoms with Gasteiger partial charge in [0.05, 0.1) is 5.60 Å². The molecular formula is C22H44IN5O3. The van der Waals surface area contributed by atoms with Crippen LogP contribution in [0.3, 0.4) is 0 Å². The summed E-state index contributed by atoms with van der Waals surface area (Å²) in [5, 5.41) is 6.56. The Morgan fingerprint density at radius 2 is 1.58 bits per heavy atom. The summed E-state index contributed by atoms with van der Waals surface area (Å²) in [6.07, 6.45) is 4.03. The number of hydrogen-bond acceptors (Lipinski definition) is 4. The number of ether oxygens (including phenoxy) is 1. The quantitative estimate of drug-likeness (QED) is 0.178. The Balaban J connectivity index is 0.00000900. The summed E-state index contributed by atoms with van der Waals surface area (Å²) in [5.74, 6) is 1.55. The van der Waals surface area contributed by atoms with E-state index in [9.17, 15) is 9.59 Å². The molecule has 182 valence electrons. The number of rotatable bonds is 11. The lowest BCUT2D eigenvalue weighted by Gasteiger charge is -2.35. The first-order valence-corrected chi connectivity index (χ1v) is 11.2. The zero-order valence-electron chi connectivity index (χ0n) is 20.3. The Labute approximate surface area is 205 Å². The lowest BCUT2D eigenvalue weighted by molar-refractivity contribution is -0.140. The van der Waals surface area contributed by atoms with Gasteiger partial charge in [0.25, 0.3) is 0 Å². The molecule has 0 spiro atoms. The molecule has 1 rings (SSSR count). The van der Waals surface area contributed by atoms with Crippen LogP contribution in [0.25, 0.3) is 0 Å². The summed E-state index contributed by atoms with van der Waals surface area (Å²) in [6, 6.07) is 0. The van der Waals surface area contributed by atoms with Gasteiger partial charge in [-0.15, -0.1) is 24.0 Å². The third-order valence-corrected chi connectivity index (χ3v) is 5.39. The molecule has 31 heavy (non-hydrogen) atoms. The number of piperazine rings is 1. The van der Waals surface area contributed by atoms with E-state index in [0.717, 1.165) is 31.8 Å². The number of carbonyl (C=O) groups is 2. The van der Waals surface area contributed by atoms with Gasteiger partial charge < -0.3 is 25.2 Å². The number of aliphatic imine (C=N–C) groups is 1. The van der Waals surface area contributed by atoms with Crippen LogP contribution in [0.2, 0.25) is 0 Å². The number of amides is 2. The fraction of sp³-hybridized carbons (Fsp3) is 0.864. The van der Waals surface area contributed by atoms with Crippen LogP contribution in [-0.2, 0) is 14.3 Å². The van der Waals surface area contributed by atoms with Crippen molar-refractivity contribution < 1.29 is 14.3 Å². The van der Waals surface area contributed by atoms with Crippen molar-refractivity contribution in [1.29, 1.82) is 0 Å². The number of unbranched alkanes of at least 4 members (excludes halogenated alkanes) is 2. The molecule has 1 saturated heterocycles. The van der Waals surface area contributed by atoms with Crippen LogP contribution in [0.15, 0.2) is 4.99 Å². The zero-order valence-corrected chi connectivity index (χ0v) is 22.7. The standard InChI is InChI=1S/C22H43N5O3.HI/c1-18(2)16-20(29)27-14-12-26(13-15-27)19(28)10-8-7-9-11-24-21(23-5)25-17-22(3,4)30-6;/h18H,7-17H2,1-6H3,(H2,23,24,25);1H. The van der Waals surface area contributed by atoms with Crippen molar-refractivity contribution in [3.63, 3.8) is 0 Å². The highest BCUT2D eigenvalue weighted by atomic mass is 127. The summed E-state index contributed by atoms with van der Waals surface area (Å²) >= 11 is 0. The van der Waals surface area contributed by atoms with E-state index in [1.807, 2.05) is 23.6 Å². The maximum Gasteiger partial charge on any atom is 0.222 e. The van der Waals surface area contributed by atoms with Crippen LogP contribution >= 0.6 is 24.0 Å². The molecule has 2 amide bonds. The minimum atomic E-state index is -0.245. The van der Waals surface area contributed by atoms with Gasteiger partial charge in [0.2, 0.25) is 11.8 Å². The van der Waals surface area contributed by atoms with Gasteiger partial charge in [-0.3, -0.25) is 14.6 Å². The second-order valence-electron chi connectivity index (χ2n) is 8.99. The van der Waals surface area contributed by atoms with Crippen LogP contribution in [0.1, 0.15) is 59.8 Å². The molecule has 0 aliphatic carbocycles. The van der Waals surface area contributed by atoms with Gasteiger partial charge in [0.15, 0.2) is 5.96 Å². The fourth-order valence-corrected chi connectivity index (χ4v) is 3.22. The number of halogens is 1. The lowest BCUT2D eigenvalue weighted by Crippen LogP contribution is -2.50. The molecular weight excluding hydrogens is 509 g/mol. The normalized spacial score (nSPS) is 15.0. The summed E-state index contributed by atoms with van der Waals surface area (Å²) in [7, 11) is 3.45. The maximum atomic E-state index is 12.4. The Morgan fingerprint density at radius 3 is 2.10 bits per heavy atom. The van der Waals surface area contributed by atoms with E-state index in [4.69, 9.17) is 4.74 Å². The van der Waals surface area contributed by atoms with Crippen molar-refractivity contribution in [3.8, 4) is 0 Å². The Morgan fingerprint density at radius 1 is 1.00 bits per heavy atom. The number of methoxy groups -OCH3 is 1. The highest BCUT2D eigenvalue weighted by Crippen LogP contribution is 2.10. The Kier molecular flexibility index (Phi) is 15.1. The van der Waals surface area contributed by atoms with Crippen molar-refractivity contribution >= 4 is 41.8 Å². The van der Waals surface area contributed by atoms with E-state index in [1.54, 1.807) is 14.2 Å². The molecule has 0 aromatic carbocycles. The Bertz CT molecular complexity index is 561. The van der Waals surface area contributed by atoms with E-state index in [-0.39, 0.29) is 41.4 Å². The van der Waals surface area contributed by atoms with Crippen LogP contribution in [0.4, 0.5) is 0 Å². The van der Waals surface area contributed by atoms with Crippen molar-refractivity contribution in [2.24, 2.45) is 10.9 Å². The molecule has 1 fully saturated rings. The molecule has 0 bridgehead atoms. The molecule has 0 unspecified atom stereocenters. The molecule has 2 N–H and O–H groups in total. The molecule has 1 aliphatic rings. The first-order valence-electron chi connectivity index (χ1n) is 11.2. The van der Waals surface area contributed by atoms with E-state index >= 15 is 0 Å². The number of nitrogens with zero attached hydrogens (tertiary/aromatic N) is 3. The largest absolute Gasteiger partial charge is 0.377 e. The maximum absolute atomic E-state index is 12.4. The monoisotopic (exact) mass is 553 g/mol. The molecule has 8 nitrogen and oxygen atoms in total. The average Bonchev–Trinajstić information content (AvgIpc) is 2.72. The lowest BCUT2D eigenvalue weighted by atomic mass is 10.1. The molecule has 0 saturated carbocycles. The van der Waals surface area contributed by atoms with E-state index in [1.165, 1.54) is 0 Å². The van der Waals surface area contributed by atoms with Crippen molar-refractivity contribution in [2.75, 3.05) is 53.4 Å². The highest BCUT2D eigenvalue weighted by molar-refractivity contribution is 14.0. The topological polar surface area (TPSA) is 86.3 Å². The van der Waals surface area contributed by atoms with E-state index in [2.05, 4.69) is 29.5 Å². The minimum absolute atomic E-state index is 0. The van der Waals surface area contributed by atoms with Gasteiger partial charge in [-0.05, 0) is 32.6 Å². The van der Waals surface area contributed by atoms with Crippen LogP contribution in [0.5, 0.6) is 0 Å². The van der Waals surface area contributed by atoms with E-state index in [0.29, 0.717) is 51.5 Å². The van der Waals surface area contributed by atoms with Gasteiger partial charge in [-0.1, -0.05) is 20.3 Å². The summed E-state index contributed by atoms with van der Waals surface area (Å²) in [5.41, 5.74) is -0.245. The first-order chi connectivity index (χ1) is 14.2. The number of guanidine groups is 1. The molecule has 0 aromatic rings. The van der Waals surface area contributed by atoms with Crippen molar-refractivity contribution in [3.05, 3.63) is 0 Å².